The van der Waals surface area contributed by atoms with Gasteiger partial charge in [-0.05, 0) is 43.7 Å². The molecule has 1 aromatic carbocycles. The molecule has 3 aromatic rings. The standard InChI is InChI=1S/C23H24N4O2/c1-17(2)27(16-18-8-4-3-5-9-18)23(29)19-11-13-25-21(14-19)22(28)26-15-20-10-6-7-12-24-20/h3-14,17H,15-16H2,1-2H3,(H,26,28). The first-order valence-electron chi connectivity index (χ1n) is 9.53. The number of carbonyl (C=O) groups is 2. The molecule has 0 bridgehead atoms. The van der Waals surface area contributed by atoms with Crippen LogP contribution in [0.15, 0.2) is 73.1 Å². The van der Waals surface area contributed by atoms with Crippen molar-refractivity contribution in [1.29, 1.82) is 0 Å². The van der Waals surface area contributed by atoms with Crippen LogP contribution in [-0.2, 0) is 13.1 Å². The first-order chi connectivity index (χ1) is 14.0. The molecule has 2 heterocycles. The molecule has 2 aromatic heterocycles. The fourth-order valence-corrected chi connectivity index (χ4v) is 2.89. The van der Waals surface area contributed by atoms with E-state index in [1.54, 1.807) is 17.2 Å². The first kappa shape index (κ1) is 20.2. The van der Waals surface area contributed by atoms with E-state index in [4.69, 9.17) is 0 Å². The number of hydrogen-bond donors (Lipinski definition) is 1. The molecule has 0 fully saturated rings. The van der Waals surface area contributed by atoms with Gasteiger partial charge in [0, 0.05) is 30.5 Å². The fraction of sp³-hybridized carbons (Fsp3) is 0.217. The highest BCUT2D eigenvalue weighted by atomic mass is 16.2. The Morgan fingerprint density at radius 1 is 0.966 bits per heavy atom. The average molecular weight is 388 g/mol. The minimum absolute atomic E-state index is 0.0114. The maximum absolute atomic E-state index is 13.1. The van der Waals surface area contributed by atoms with Gasteiger partial charge in [0.25, 0.3) is 11.8 Å². The molecule has 0 unspecified atom stereocenters. The third-order valence-electron chi connectivity index (χ3n) is 4.48. The molecule has 6 nitrogen and oxygen atoms in total. The maximum atomic E-state index is 13.1. The zero-order valence-corrected chi connectivity index (χ0v) is 16.6. The molecule has 148 valence electrons. The van der Waals surface area contributed by atoms with Crippen molar-refractivity contribution in [2.45, 2.75) is 33.0 Å². The van der Waals surface area contributed by atoms with Crippen molar-refractivity contribution in [3.63, 3.8) is 0 Å². The zero-order chi connectivity index (χ0) is 20.6. The van der Waals surface area contributed by atoms with Crippen molar-refractivity contribution < 1.29 is 9.59 Å². The van der Waals surface area contributed by atoms with E-state index in [2.05, 4.69) is 15.3 Å². The van der Waals surface area contributed by atoms with Gasteiger partial charge in [0.1, 0.15) is 5.69 Å². The molecule has 0 saturated carbocycles. The maximum Gasteiger partial charge on any atom is 0.270 e. The predicted molar refractivity (Wildman–Crippen MR) is 111 cm³/mol. The average Bonchev–Trinajstić information content (AvgIpc) is 2.76. The highest BCUT2D eigenvalue weighted by molar-refractivity contribution is 5.98. The summed E-state index contributed by atoms with van der Waals surface area (Å²) in [6.45, 7) is 4.75. The third-order valence-corrected chi connectivity index (χ3v) is 4.48. The predicted octanol–water partition coefficient (Wildman–Crippen LogP) is 3.46. The van der Waals surface area contributed by atoms with E-state index < -0.39 is 0 Å². The van der Waals surface area contributed by atoms with Crippen LogP contribution < -0.4 is 5.32 Å². The Balaban J connectivity index is 1.72. The third kappa shape index (κ3) is 5.48. The molecule has 0 aliphatic rings. The van der Waals surface area contributed by atoms with Crippen LogP contribution in [0.5, 0.6) is 0 Å². The summed E-state index contributed by atoms with van der Waals surface area (Å²) in [7, 11) is 0. The van der Waals surface area contributed by atoms with Crippen LogP contribution in [0.25, 0.3) is 0 Å². The van der Waals surface area contributed by atoms with Gasteiger partial charge in [0.05, 0.1) is 12.2 Å². The Hall–Kier alpha value is -3.54. The number of hydrogen-bond acceptors (Lipinski definition) is 4. The van der Waals surface area contributed by atoms with Crippen molar-refractivity contribution >= 4 is 11.8 Å². The van der Waals surface area contributed by atoms with Crippen LogP contribution >= 0.6 is 0 Å². The summed E-state index contributed by atoms with van der Waals surface area (Å²) in [6.07, 6.45) is 3.16. The van der Waals surface area contributed by atoms with Gasteiger partial charge < -0.3 is 10.2 Å². The molecule has 6 heteroatoms. The highest BCUT2D eigenvalue weighted by Gasteiger charge is 2.20. The second-order valence-electron chi connectivity index (χ2n) is 6.95. The van der Waals surface area contributed by atoms with E-state index in [0.717, 1.165) is 11.3 Å². The second kappa shape index (κ2) is 9.59. The second-order valence-corrected chi connectivity index (χ2v) is 6.95. The smallest absolute Gasteiger partial charge is 0.270 e. The lowest BCUT2D eigenvalue weighted by Gasteiger charge is -2.27. The number of nitrogens with zero attached hydrogens (tertiary/aromatic N) is 3. The van der Waals surface area contributed by atoms with E-state index >= 15 is 0 Å². The van der Waals surface area contributed by atoms with E-state index in [0.29, 0.717) is 18.7 Å². The Labute approximate surface area is 170 Å². The largest absolute Gasteiger partial charge is 0.345 e. The number of benzene rings is 1. The van der Waals surface area contributed by atoms with Gasteiger partial charge in [0.15, 0.2) is 0 Å². The van der Waals surface area contributed by atoms with E-state index in [1.165, 1.54) is 12.3 Å². The molecule has 1 N–H and O–H groups in total. The summed E-state index contributed by atoms with van der Waals surface area (Å²) in [5.41, 5.74) is 2.45. The number of amides is 2. The molecular weight excluding hydrogens is 364 g/mol. The molecule has 0 saturated heterocycles. The van der Waals surface area contributed by atoms with Gasteiger partial charge in [-0.3, -0.25) is 19.6 Å². The molecule has 29 heavy (non-hydrogen) atoms. The Morgan fingerprint density at radius 2 is 1.72 bits per heavy atom. The lowest BCUT2D eigenvalue weighted by Crippen LogP contribution is -2.36. The van der Waals surface area contributed by atoms with Crippen LogP contribution in [0.1, 0.15) is 46.0 Å². The normalized spacial score (nSPS) is 10.6. The lowest BCUT2D eigenvalue weighted by molar-refractivity contribution is 0.0690. The summed E-state index contributed by atoms with van der Waals surface area (Å²) in [4.78, 5) is 35.6. The summed E-state index contributed by atoms with van der Waals surface area (Å²) in [6, 6.07) is 18.5. The lowest BCUT2D eigenvalue weighted by atomic mass is 10.1. The van der Waals surface area contributed by atoms with Crippen LogP contribution in [0.4, 0.5) is 0 Å². The molecule has 0 aliphatic heterocycles. The van der Waals surface area contributed by atoms with Gasteiger partial charge in [-0.1, -0.05) is 36.4 Å². The Kier molecular flexibility index (Phi) is 6.68. The van der Waals surface area contributed by atoms with Crippen LogP contribution in [0.2, 0.25) is 0 Å². The van der Waals surface area contributed by atoms with Crippen molar-refractivity contribution in [3.8, 4) is 0 Å². The monoisotopic (exact) mass is 388 g/mol. The summed E-state index contributed by atoms with van der Waals surface area (Å²) in [5, 5.41) is 2.78. The molecule has 2 amide bonds. The minimum atomic E-state index is -0.343. The minimum Gasteiger partial charge on any atom is -0.345 e. The van der Waals surface area contributed by atoms with Gasteiger partial charge in [-0.2, -0.15) is 0 Å². The molecule has 0 spiro atoms. The van der Waals surface area contributed by atoms with Crippen molar-refractivity contribution in [3.05, 3.63) is 95.6 Å². The van der Waals surface area contributed by atoms with Gasteiger partial charge in [0.2, 0.25) is 0 Å². The van der Waals surface area contributed by atoms with Gasteiger partial charge in [-0.15, -0.1) is 0 Å². The van der Waals surface area contributed by atoms with E-state index in [1.807, 2.05) is 62.4 Å². The summed E-state index contributed by atoms with van der Waals surface area (Å²) >= 11 is 0. The van der Waals surface area contributed by atoms with E-state index in [9.17, 15) is 9.59 Å². The van der Waals surface area contributed by atoms with Crippen LogP contribution in [0, 0.1) is 0 Å². The fourth-order valence-electron chi connectivity index (χ4n) is 2.89. The SMILES string of the molecule is CC(C)N(Cc1ccccc1)C(=O)c1ccnc(C(=O)NCc2ccccn2)c1. The van der Waals surface area contributed by atoms with Crippen molar-refractivity contribution in [2.24, 2.45) is 0 Å². The molecule has 3 rings (SSSR count). The zero-order valence-electron chi connectivity index (χ0n) is 16.6. The number of aromatic nitrogens is 2. The van der Waals surface area contributed by atoms with Gasteiger partial charge >= 0.3 is 0 Å². The molecule has 0 aliphatic carbocycles. The summed E-state index contributed by atoms with van der Waals surface area (Å²) in [5.74, 6) is -0.477. The molecular formula is C23H24N4O2. The van der Waals surface area contributed by atoms with Crippen molar-refractivity contribution in [2.75, 3.05) is 0 Å². The number of carbonyl (C=O) groups excluding carboxylic acids is 2. The Morgan fingerprint density at radius 3 is 2.41 bits per heavy atom. The van der Waals surface area contributed by atoms with Crippen LogP contribution in [-0.4, -0.2) is 32.7 Å². The number of nitrogens with one attached hydrogen (secondary N) is 1. The quantitative estimate of drug-likeness (QED) is 0.673. The number of pyridine rings is 2. The van der Waals surface area contributed by atoms with Crippen LogP contribution in [0.3, 0.4) is 0 Å². The Bertz CT molecular complexity index is 959. The first-order valence-corrected chi connectivity index (χ1v) is 9.53. The topological polar surface area (TPSA) is 75.2 Å². The molecule has 0 radical (unpaired) electrons. The number of rotatable bonds is 7. The molecule has 0 atom stereocenters. The summed E-state index contributed by atoms with van der Waals surface area (Å²) < 4.78 is 0. The van der Waals surface area contributed by atoms with E-state index in [-0.39, 0.29) is 23.6 Å². The van der Waals surface area contributed by atoms with Crippen molar-refractivity contribution in [1.82, 2.24) is 20.2 Å². The highest BCUT2D eigenvalue weighted by Crippen LogP contribution is 2.14. The van der Waals surface area contributed by atoms with Gasteiger partial charge in [-0.25, -0.2) is 0 Å².